The summed E-state index contributed by atoms with van der Waals surface area (Å²) in [5.74, 6) is 0. The third kappa shape index (κ3) is 3.20. The minimum atomic E-state index is 1.19. The first-order chi connectivity index (χ1) is 1.91. The van der Waals surface area contributed by atoms with Gasteiger partial charge in [-0.05, 0) is 15.1 Å². The van der Waals surface area contributed by atoms with E-state index in [9.17, 15) is 0 Å². The minimum Gasteiger partial charge on any atom is -0.0835 e. The molecule has 0 aromatic heterocycles. The van der Waals surface area contributed by atoms with E-state index in [4.69, 9.17) is 0 Å². The van der Waals surface area contributed by atoms with Crippen LogP contribution in [0.3, 0.4) is 0 Å². The number of rotatable bonds is 1. The van der Waals surface area contributed by atoms with Crippen molar-refractivity contribution >= 4 is 32.2 Å². The smallest absolute Gasteiger partial charge is 0.0146 e. The van der Waals surface area contributed by atoms with Gasteiger partial charge in [-0.15, -0.1) is 0 Å². The maximum Gasteiger partial charge on any atom is -0.0146 e. The summed E-state index contributed by atoms with van der Waals surface area (Å²) in [5.41, 5.74) is 0. The molecule has 0 bridgehead atoms. The van der Waals surface area contributed by atoms with Crippen molar-refractivity contribution in [2.75, 3.05) is 0 Å². The second-order valence-corrected chi connectivity index (χ2v) is 5.40. The molecule has 0 heterocycles. The summed E-state index contributed by atoms with van der Waals surface area (Å²) in [4.78, 5) is 0. The summed E-state index contributed by atoms with van der Waals surface area (Å²) in [5, 5.41) is 0. The zero-order valence-corrected chi connectivity index (χ0v) is 5.68. The Balaban J connectivity index is 2.73. The molecular formula is H2P4. The van der Waals surface area contributed by atoms with Crippen LogP contribution in [0.4, 0.5) is 0 Å². The summed E-state index contributed by atoms with van der Waals surface area (Å²) in [6.45, 7) is 0. The Labute approximate surface area is 32.9 Å². The van der Waals surface area contributed by atoms with E-state index in [0.717, 1.165) is 0 Å². The van der Waals surface area contributed by atoms with Crippen LogP contribution in [-0.4, -0.2) is 0 Å². The van der Waals surface area contributed by atoms with Crippen molar-refractivity contribution < 1.29 is 0 Å². The number of hydrogen-bond donors (Lipinski definition) is 0. The highest BCUT2D eigenvalue weighted by atomic mass is 32.3. The molecule has 0 spiro atoms. The maximum absolute atomic E-state index is 3.20. The first-order valence-corrected chi connectivity index (χ1v) is 5.82. The molecule has 0 fully saturated rings. The Hall–Kier alpha value is 1.20. The topological polar surface area (TPSA) is 0 Å². The first-order valence-electron chi connectivity index (χ1n) is 0.647. The number of hydrogen-bond acceptors (Lipinski definition) is 0. The molecule has 0 nitrogen and oxygen atoms in total. The Morgan fingerprint density at radius 1 is 1.00 bits per heavy atom. The molecule has 4 heavy (non-hydrogen) atoms. The summed E-state index contributed by atoms with van der Waals surface area (Å²) < 4.78 is 0. The van der Waals surface area contributed by atoms with Gasteiger partial charge in [0.25, 0.3) is 0 Å². The highest BCUT2D eigenvalue weighted by Gasteiger charge is 1.34. The van der Waals surface area contributed by atoms with Gasteiger partial charge in [0.2, 0.25) is 0 Å². The van der Waals surface area contributed by atoms with Gasteiger partial charge in [-0.25, -0.2) is 0 Å². The van der Waals surface area contributed by atoms with E-state index >= 15 is 0 Å². The monoisotopic (exact) mass is 126 g/mol. The Kier molecular flexibility index (Phi) is 5.46. The van der Waals surface area contributed by atoms with Crippen molar-refractivity contribution in [2.24, 2.45) is 0 Å². The van der Waals surface area contributed by atoms with Crippen LogP contribution in [-0.2, 0) is 0 Å². The van der Waals surface area contributed by atoms with Gasteiger partial charge in [-0.2, -0.15) is 0 Å². The molecule has 4 heteroatoms. The summed E-state index contributed by atoms with van der Waals surface area (Å²) in [6.07, 6.45) is 0. The van der Waals surface area contributed by atoms with Crippen molar-refractivity contribution in [3.63, 3.8) is 0 Å². The van der Waals surface area contributed by atoms with E-state index in [2.05, 4.69) is 17.1 Å². The van der Waals surface area contributed by atoms with E-state index in [0.29, 0.717) is 0 Å². The molecule has 0 aromatic rings. The maximum atomic E-state index is 3.20. The van der Waals surface area contributed by atoms with Crippen LogP contribution in [0, 0.1) is 0 Å². The average molecular weight is 126 g/mol. The highest BCUT2D eigenvalue weighted by molar-refractivity contribution is 8.29. The van der Waals surface area contributed by atoms with E-state index in [-0.39, 0.29) is 0 Å². The zero-order valence-electron chi connectivity index (χ0n) is 1.89. The lowest BCUT2D eigenvalue weighted by molar-refractivity contribution is 5.55. The van der Waals surface area contributed by atoms with Crippen molar-refractivity contribution in [1.29, 1.82) is 0 Å². The largest absolute Gasteiger partial charge is 0.0835 e. The van der Waals surface area contributed by atoms with Crippen LogP contribution >= 0.6 is 32.2 Å². The van der Waals surface area contributed by atoms with Gasteiger partial charge in [0.15, 0.2) is 0 Å². The summed E-state index contributed by atoms with van der Waals surface area (Å²) >= 11 is 0. The van der Waals surface area contributed by atoms with Gasteiger partial charge in [0.05, 0.1) is 0 Å². The fraction of sp³-hybridized carbons (Fsp3) is 0. The Bertz CT molecular complexity index is 21.0. The van der Waals surface area contributed by atoms with Crippen LogP contribution in [0.25, 0.3) is 0 Å². The second-order valence-electron chi connectivity index (χ2n) is 0.200. The third-order valence-corrected chi connectivity index (χ3v) is 4.05. The molecule has 0 rings (SSSR count). The molecule has 0 saturated heterocycles. The first kappa shape index (κ1) is 5.20. The molecule has 22 valence electrons. The third-order valence-electron chi connectivity index (χ3n) is 0.0500. The van der Waals surface area contributed by atoms with Crippen molar-refractivity contribution in [1.82, 2.24) is 0 Å². The van der Waals surface area contributed by atoms with Gasteiger partial charge in [0.1, 0.15) is 0 Å². The molecule has 0 radical (unpaired) electrons. The van der Waals surface area contributed by atoms with Crippen molar-refractivity contribution in [3.05, 3.63) is 0 Å². The molecule has 0 amide bonds. The SMILES string of the molecule is P=PP=P. The van der Waals surface area contributed by atoms with Crippen LogP contribution in [0.1, 0.15) is 0 Å². The van der Waals surface area contributed by atoms with E-state index in [1.165, 1.54) is 15.1 Å². The lowest BCUT2D eigenvalue weighted by atomic mass is 29.6. The lowest BCUT2D eigenvalue weighted by Crippen LogP contribution is -0.504. The standard InChI is InChI=1S/H2P4/c1-3-4-2/h1-2H. The molecule has 0 aliphatic rings. The van der Waals surface area contributed by atoms with Crippen LogP contribution in [0.5, 0.6) is 0 Å². The van der Waals surface area contributed by atoms with Crippen LogP contribution < -0.4 is 0 Å². The lowest BCUT2D eigenvalue weighted by Gasteiger charge is -1.40. The summed E-state index contributed by atoms with van der Waals surface area (Å²) in [6, 6.07) is 0. The van der Waals surface area contributed by atoms with Crippen molar-refractivity contribution in [3.8, 4) is 0 Å². The Morgan fingerprint density at radius 3 is 1.25 bits per heavy atom. The average Bonchev–Trinajstić information content (AvgIpc) is 1.37. The van der Waals surface area contributed by atoms with Gasteiger partial charge in [-0.1, -0.05) is 17.1 Å². The van der Waals surface area contributed by atoms with Crippen molar-refractivity contribution in [2.45, 2.75) is 0 Å². The molecule has 0 unspecified atom stereocenters. The van der Waals surface area contributed by atoms with Gasteiger partial charge in [-0.3, -0.25) is 0 Å². The molecule has 0 N–H and O–H groups in total. The summed E-state index contributed by atoms with van der Waals surface area (Å²) in [7, 11) is 8.78. The normalized spacial score (nSPS) is 9.00. The Morgan fingerprint density at radius 2 is 1.25 bits per heavy atom. The molecule has 0 aliphatic heterocycles. The molecule has 0 aliphatic carbocycles. The highest BCUT2D eigenvalue weighted by Crippen LogP contribution is 2.23. The second kappa shape index (κ2) is 4.20. The van der Waals surface area contributed by atoms with Crippen LogP contribution in [0.2, 0.25) is 0 Å². The molecular weight excluding hydrogens is 124 g/mol. The van der Waals surface area contributed by atoms with Gasteiger partial charge < -0.3 is 0 Å². The molecule has 0 saturated carbocycles. The predicted octanol–water partition coefficient (Wildman–Crippen LogP) is 2.91. The van der Waals surface area contributed by atoms with Gasteiger partial charge in [0, 0.05) is 0 Å². The fourth-order valence-electron chi connectivity index (χ4n) is 0. The van der Waals surface area contributed by atoms with Gasteiger partial charge >= 0.3 is 0 Å². The molecule has 0 atom stereocenters. The van der Waals surface area contributed by atoms with E-state index in [1.807, 2.05) is 0 Å². The molecule has 0 aromatic carbocycles. The minimum absolute atomic E-state index is 1.19. The van der Waals surface area contributed by atoms with E-state index < -0.39 is 0 Å². The van der Waals surface area contributed by atoms with Crippen LogP contribution in [0.15, 0.2) is 0 Å². The van der Waals surface area contributed by atoms with E-state index in [1.54, 1.807) is 0 Å². The predicted molar refractivity (Wildman–Crippen MR) is 30.5 cm³/mol. The fourth-order valence-corrected chi connectivity index (χ4v) is 0. The zero-order chi connectivity index (χ0) is 3.41. The quantitative estimate of drug-likeness (QED) is 0.473.